The van der Waals surface area contributed by atoms with Crippen molar-refractivity contribution in [2.75, 3.05) is 12.4 Å². The maximum Gasteiger partial charge on any atom is 0.255 e. The molecule has 1 N–H and O–H groups in total. The predicted molar refractivity (Wildman–Crippen MR) is 120 cm³/mol. The van der Waals surface area contributed by atoms with Gasteiger partial charge in [-0.1, -0.05) is 16.8 Å². The van der Waals surface area contributed by atoms with E-state index in [9.17, 15) is 4.79 Å². The Balaban J connectivity index is 1.47. The SMILES string of the molecule is COc1cc(C(=O)Nc2ccc(-n3ccnc3)c(Cl)c2)ccc1OCc1c(C)noc1C. The van der Waals surface area contributed by atoms with Crippen LogP contribution >= 0.6 is 11.6 Å². The molecule has 0 saturated carbocycles. The summed E-state index contributed by atoms with van der Waals surface area (Å²) in [6.07, 6.45) is 5.11. The van der Waals surface area contributed by atoms with E-state index in [1.807, 2.05) is 19.9 Å². The van der Waals surface area contributed by atoms with Gasteiger partial charge in [0.2, 0.25) is 0 Å². The Bertz CT molecular complexity index is 1230. The van der Waals surface area contributed by atoms with E-state index in [0.717, 1.165) is 16.9 Å². The number of aromatic nitrogens is 3. The molecule has 0 aliphatic carbocycles. The van der Waals surface area contributed by atoms with E-state index in [2.05, 4.69) is 15.5 Å². The van der Waals surface area contributed by atoms with Crippen LogP contribution in [0.3, 0.4) is 0 Å². The lowest BCUT2D eigenvalue weighted by atomic mass is 10.1. The van der Waals surface area contributed by atoms with Crippen molar-refractivity contribution in [3.63, 3.8) is 0 Å². The maximum absolute atomic E-state index is 12.8. The van der Waals surface area contributed by atoms with Gasteiger partial charge in [0, 0.05) is 23.6 Å². The molecule has 0 spiro atoms. The molecule has 0 saturated heterocycles. The van der Waals surface area contributed by atoms with Gasteiger partial charge in [-0.2, -0.15) is 0 Å². The number of benzene rings is 2. The molecule has 0 atom stereocenters. The molecule has 4 rings (SSSR count). The van der Waals surface area contributed by atoms with Gasteiger partial charge in [-0.15, -0.1) is 0 Å². The molecule has 4 aromatic rings. The Labute approximate surface area is 189 Å². The van der Waals surface area contributed by atoms with E-state index in [1.165, 1.54) is 7.11 Å². The summed E-state index contributed by atoms with van der Waals surface area (Å²) in [4.78, 5) is 16.8. The number of carbonyl (C=O) groups is 1. The van der Waals surface area contributed by atoms with Crippen molar-refractivity contribution >= 4 is 23.2 Å². The Morgan fingerprint density at radius 2 is 2.03 bits per heavy atom. The van der Waals surface area contributed by atoms with E-state index in [1.54, 1.807) is 53.6 Å². The van der Waals surface area contributed by atoms with Gasteiger partial charge in [0.15, 0.2) is 11.5 Å². The minimum Gasteiger partial charge on any atom is -0.493 e. The molecular weight excluding hydrogens is 432 g/mol. The third kappa shape index (κ3) is 4.45. The average molecular weight is 453 g/mol. The number of nitrogens with one attached hydrogen (secondary N) is 1. The molecule has 0 bridgehead atoms. The summed E-state index contributed by atoms with van der Waals surface area (Å²) < 4.78 is 18.2. The summed E-state index contributed by atoms with van der Waals surface area (Å²) in [5, 5.41) is 7.25. The number of imidazole rings is 1. The lowest BCUT2D eigenvalue weighted by Gasteiger charge is -2.13. The van der Waals surface area contributed by atoms with Crippen LogP contribution in [0.4, 0.5) is 5.69 Å². The van der Waals surface area contributed by atoms with E-state index in [4.69, 9.17) is 25.6 Å². The summed E-state index contributed by atoms with van der Waals surface area (Å²) in [5.74, 6) is 1.36. The van der Waals surface area contributed by atoms with E-state index >= 15 is 0 Å². The van der Waals surface area contributed by atoms with Gasteiger partial charge in [0.25, 0.3) is 5.91 Å². The molecule has 164 valence electrons. The summed E-state index contributed by atoms with van der Waals surface area (Å²) in [6, 6.07) is 10.3. The van der Waals surface area contributed by atoms with Crippen LogP contribution in [0.2, 0.25) is 5.02 Å². The number of hydrogen-bond acceptors (Lipinski definition) is 6. The minimum atomic E-state index is -0.299. The monoisotopic (exact) mass is 452 g/mol. The van der Waals surface area contributed by atoms with Crippen molar-refractivity contribution in [1.82, 2.24) is 14.7 Å². The summed E-state index contributed by atoms with van der Waals surface area (Å²) >= 11 is 6.37. The second-order valence-electron chi connectivity index (χ2n) is 7.05. The number of halogens is 1. The van der Waals surface area contributed by atoms with Crippen LogP contribution < -0.4 is 14.8 Å². The van der Waals surface area contributed by atoms with Crippen LogP contribution in [0.25, 0.3) is 5.69 Å². The molecule has 2 aromatic carbocycles. The number of hydrogen-bond donors (Lipinski definition) is 1. The van der Waals surface area contributed by atoms with Crippen molar-refractivity contribution < 1.29 is 18.8 Å². The average Bonchev–Trinajstić information content (AvgIpc) is 3.42. The highest BCUT2D eigenvalue weighted by atomic mass is 35.5. The predicted octanol–water partition coefficient (Wildman–Crippen LogP) is 4.97. The summed E-state index contributed by atoms with van der Waals surface area (Å²) in [5.41, 5.74) is 3.41. The number of ether oxygens (including phenoxy) is 2. The molecule has 9 heteroatoms. The Morgan fingerprint density at radius 1 is 1.19 bits per heavy atom. The number of amides is 1. The largest absolute Gasteiger partial charge is 0.493 e. The van der Waals surface area contributed by atoms with Gasteiger partial charge < -0.3 is 23.9 Å². The van der Waals surface area contributed by atoms with Crippen molar-refractivity contribution in [1.29, 1.82) is 0 Å². The van der Waals surface area contributed by atoms with Crippen LogP contribution in [0.1, 0.15) is 27.4 Å². The van der Waals surface area contributed by atoms with Gasteiger partial charge in [0.1, 0.15) is 12.4 Å². The van der Waals surface area contributed by atoms with Crippen LogP contribution in [0.15, 0.2) is 59.6 Å². The van der Waals surface area contributed by atoms with Crippen molar-refractivity contribution in [3.8, 4) is 17.2 Å². The molecule has 0 aliphatic rings. The maximum atomic E-state index is 12.8. The second-order valence-corrected chi connectivity index (χ2v) is 7.45. The molecule has 0 fully saturated rings. The first-order valence-corrected chi connectivity index (χ1v) is 10.2. The third-order valence-electron chi connectivity index (χ3n) is 4.97. The number of aryl methyl sites for hydroxylation is 2. The number of rotatable bonds is 7. The van der Waals surface area contributed by atoms with E-state index in [0.29, 0.717) is 33.5 Å². The van der Waals surface area contributed by atoms with Crippen LogP contribution in [0, 0.1) is 13.8 Å². The first kappa shape index (κ1) is 21.5. The lowest BCUT2D eigenvalue weighted by Crippen LogP contribution is -2.12. The first-order chi connectivity index (χ1) is 15.5. The fourth-order valence-electron chi connectivity index (χ4n) is 3.18. The van der Waals surface area contributed by atoms with Gasteiger partial charge in [-0.25, -0.2) is 4.98 Å². The first-order valence-electron chi connectivity index (χ1n) is 9.78. The number of methoxy groups -OCH3 is 1. The van der Waals surface area contributed by atoms with E-state index in [-0.39, 0.29) is 12.5 Å². The third-order valence-corrected chi connectivity index (χ3v) is 5.27. The van der Waals surface area contributed by atoms with Crippen LogP contribution in [0.5, 0.6) is 11.5 Å². The summed E-state index contributed by atoms with van der Waals surface area (Å²) in [6.45, 7) is 3.97. The smallest absolute Gasteiger partial charge is 0.255 e. The zero-order valence-corrected chi connectivity index (χ0v) is 18.5. The molecule has 8 nitrogen and oxygen atoms in total. The normalized spacial score (nSPS) is 10.8. The minimum absolute atomic E-state index is 0.283. The molecule has 1 amide bonds. The Kier molecular flexibility index (Phi) is 6.13. The fourth-order valence-corrected chi connectivity index (χ4v) is 3.46. The number of carbonyl (C=O) groups excluding carboxylic acids is 1. The second kappa shape index (κ2) is 9.15. The molecule has 0 aliphatic heterocycles. The zero-order chi connectivity index (χ0) is 22.7. The number of nitrogens with zero attached hydrogens (tertiary/aromatic N) is 3. The molecule has 0 radical (unpaired) electrons. The van der Waals surface area contributed by atoms with Gasteiger partial charge in [0.05, 0.1) is 35.4 Å². The highest BCUT2D eigenvalue weighted by Gasteiger charge is 2.15. The zero-order valence-electron chi connectivity index (χ0n) is 17.8. The van der Waals surface area contributed by atoms with Crippen molar-refractivity contribution in [2.24, 2.45) is 0 Å². The van der Waals surface area contributed by atoms with Crippen LogP contribution in [-0.2, 0) is 6.61 Å². The quantitative estimate of drug-likeness (QED) is 0.425. The van der Waals surface area contributed by atoms with Gasteiger partial charge in [-0.05, 0) is 50.2 Å². The lowest BCUT2D eigenvalue weighted by molar-refractivity contribution is 0.102. The van der Waals surface area contributed by atoms with E-state index < -0.39 is 0 Å². The molecular formula is C23H21ClN4O4. The molecule has 0 unspecified atom stereocenters. The van der Waals surface area contributed by atoms with Gasteiger partial charge in [-0.3, -0.25) is 4.79 Å². The number of anilines is 1. The highest BCUT2D eigenvalue weighted by molar-refractivity contribution is 6.32. The standard InChI is InChI=1S/C23H21ClN4O4/c1-14-18(15(2)32-27-14)12-31-21-7-4-16(10-22(21)30-3)23(29)26-17-5-6-20(19(24)11-17)28-9-8-25-13-28/h4-11,13H,12H2,1-3H3,(H,26,29). The Morgan fingerprint density at radius 3 is 2.69 bits per heavy atom. The highest BCUT2D eigenvalue weighted by Crippen LogP contribution is 2.30. The fraction of sp³-hybridized carbons (Fsp3) is 0.174. The van der Waals surface area contributed by atoms with Crippen LogP contribution in [-0.4, -0.2) is 27.7 Å². The van der Waals surface area contributed by atoms with Crippen molar-refractivity contribution in [2.45, 2.75) is 20.5 Å². The topological polar surface area (TPSA) is 91.4 Å². The Hall–Kier alpha value is -3.78. The van der Waals surface area contributed by atoms with Gasteiger partial charge >= 0.3 is 0 Å². The molecule has 32 heavy (non-hydrogen) atoms. The summed E-state index contributed by atoms with van der Waals surface area (Å²) in [7, 11) is 1.52. The molecule has 2 heterocycles. The van der Waals surface area contributed by atoms with Crippen molar-refractivity contribution in [3.05, 3.63) is 82.7 Å². The molecule has 2 aromatic heterocycles.